The van der Waals surface area contributed by atoms with E-state index in [2.05, 4.69) is 27.5 Å². The molecule has 0 aliphatic heterocycles. The van der Waals surface area contributed by atoms with Crippen LogP contribution in [-0.4, -0.2) is 10.9 Å². The molecule has 0 saturated heterocycles. The Hall–Kier alpha value is -1.92. The van der Waals surface area contributed by atoms with Gasteiger partial charge in [-0.05, 0) is 6.07 Å². The summed E-state index contributed by atoms with van der Waals surface area (Å²) in [5.74, 6) is 0.0334. The molecule has 1 aromatic carbocycles. The fourth-order valence-corrected chi connectivity index (χ4v) is 3.39. The quantitative estimate of drug-likeness (QED) is 0.557. The van der Waals surface area contributed by atoms with E-state index in [0.29, 0.717) is 5.13 Å². The Kier molecular flexibility index (Phi) is 2.73. The van der Waals surface area contributed by atoms with Crippen molar-refractivity contribution in [3.8, 4) is 11.3 Å². The first kappa shape index (κ1) is 11.2. The third kappa shape index (κ3) is 1.96. The summed E-state index contributed by atoms with van der Waals surface area (Å²) < 4.78 is 1.25. The molecule has 2 aromatic heterocycles. The fraction of sp³-hybridized carbons (Fsp3) is 0. The SMILES string of the molecule is NC(N)=Nc1nc(-c2csc3ccccc23)cs1. The van der Waals surface area contributed by atoms with Gasteiger partial charge in [0.05, 0.1) is 5.69 Å². The Bertz CT molecular complexity index is 722. The van der Waals surface area contributed by atoms with Crippen LogP contribution in [0.3, 0.4) is 0 Å². The van der Waals surface area contributed by atoms with Gasteiger partial charge in [-0.15, -0.1) is 22.7 Å². The number of fused-ring (bicyclic) bond motifs is 1. The lowest BCUT2D eigenvalue weighted by atomic mass is 10.1. The summed E-state index contributed by atoms with van der Waals surface area (Å²) in [6.07, 6.45) is 0. The van der Waals surface area contributed by atoms with Crippen LogP contribution in [0.25, 0.3) is 21.3 Å². The van der Waals surface area contributed by atoms with Crippen LogP contribution in [0.2, 0.25) is 0 Å². The van der Waals surface area contributed by atoms with Crippen molar-refractivity contribution in [1.29, 1.82) is 0 Å². The number of thiazole rings is 1. The van der Waals surface area contributed by atoms with E-state index in [-0.39, 0.29) is 5.96 Å². The summed E-state index contributed by atoms with van der Waals surface area (Å²) in [4.78, 5) is 8.37. The average molecular weight is 274 g/mol. The van der Waals surface area contributed by atoms with Crippen LogP contribution in [-0.2, 0) is 0 Å². The molecule has 0 fully saturated rings. The Morgan fingerprint density at radius 1 is 1.11 bits per heavy atom. The highest BCUT2D eigenvalue weighted by atomic mass is 32.1. The molecule has 0 atom stereocenters. The maximum absolute atomic E-state index is 5.34. The number of rotatable bonds is 2. The van der Waals surface area contributed by atoms with E-state index < -0.39 is 0 Å². The highest BCUT2D eigenvalue weighted by Gasteiger charge is 2.09. The second-order valence-corrected chi connectivity index (χ2v) is 5.45. The van der Waals surface area contributed by atoms with Gasteiger partial charge in [0.2, 0.25) is 5.13 Å². The molecule has 18 heavy (non-hydrogen) atoms. The van der Waals surface area contributed by atoms with E-state index in [4.69, 9.17) is 11.5 Å². The fourth-order valence-electron chi connectivity index (χ4n) is 1.73. The Labute approximate surface area is 112 Å². The molecule has 0 bridgehead atoms. The topological polar surface area (TPSA) is 77.3 Å². The smallest absolute Gasteiger partial charge is 0.212 e. The maximum Gasteiger partial charge on any atom is 0.212 e. The molecule has 0 aliphatic carbocycles. The Balaban J connectivity index is 2.09. The highest BCUT2D eigenvalue weighted by molar-refractivity contribution is 7.18. The molecule has 2 heterocycles. The zero-order chi connectivity index (χ0) is 12.5. The summed E-state index contributed by atoms with van der Waals surface area (Å²) in [6, 6.07) is 8.27. The molecule has 3 rings (SSSR count). The number of aliphatic imine (C=N–C) groups is 1. The van der Waals surface area contributed by atoms with E-state index in [1.54, 1.807) is 11.3 Å². The van der Waals surface area contributed by atoms with Gasteiger partial charge in [-0.2, -0.15) is 4.99 Å². The van der Waals surface area contributed by atoms with Crippen molar-refractivity contribution < 1.29 is 0 Å². The second-order valence-electron chi connectivity index (χ2n) is 3.70. The number of guanidine groups is 1. The van der Waals surface area contributed by atoms with E-state index in [1.807, 2.05) is 17.5 Å². The number of benzene rings is 1. The minimum atomic E-state index is 0.0334. The largest absolute Gasteiger partial charge is 0.370 e. The molecular formula is C12H10N4S2. The number of thiophene rings is 1. The molecular weight excluding hydrogens is 264 g/mol. The lowest BCUT2D eigenvalue weighted by molar-refractivity contribution is 1.33. The Morgan fingerprint density at radius 3 is 2.78 bits per heavy atom. The molecule has 6 heteroatoms. The highest BCUT2D eigenvalue weighted by Crippen LogP contribution is 2.35. The van der Waals surface area contributed by atoms with Gasteiger partial charge in [0.25, 0.3) is 0 Å². The minimum Gasteiger partial charge on any atom is -0.370 e. The maximum atomic E-state index is 5.34. The zero-order valence-electron chi connectivity index (χ0n) is 9.33. The monoisotopic (exact) mass is 274 g/mol. The number of nitrogens with zero attached hydrogens (tertiary/aromatic N) is 2. The molecule has 0 saturated carbocycles. The molecule has 4 N–H and O–H groups in total. The van der Waals surface area contributed by atoms with E-state index in [9.17, 15) is 0 Å². The van der Waals surface area contributed by atoms with Crippen molar-refractivity contribution in [3.63, 3.8) is 0 Å². The van der Waals surface area contributed by atoms with Crippen molar-refractivity contribution in [2.45, 2.75) is 0 Å². The van der Waals surface area contributed by atoms with Crippen LogP contribution in [0.4, 0.5) is 5.13 Å². The minimum absolute atomic E-state index is 0.0334. The van der Waals surface area contributed by atoms with Gasteiger partial charge in [-0.3, -0.25) is 0 Å². The lowest BCUT2D eigenvalue weighted by Gasteiger charge is -1.93. The molecule has 0 radical (unpaired) electrons. The molecule has 4 nitrogen and oxygen atoms in total. The molecule has 0 amide bonds. The lowest BCUT2D eigenvalue weighted by Crippen LogP contribution is -2.21. The molecule has 3 aromatic rings. The van der Waals surface area contributed by atoms with Gasteiger partial charge in [0, 0.05) is 26.4 Å². The summed E-state index contributed by atoms with van der Waals surface area (Å²) in [7, 11) is 0. The second kappa shape index (κ2) is 4.40. The van der Waals surface area contributed by atoms with Gasteiger partial charge in [0.15, 0.2) is 5.96 Å². The molecule has 0 aliphatic rings. The van der Waals surface area contributed by atoms with Crippen molar-refractivity contribution in [2.75, 3.05) is 0 Å². The van der Waals surface area contributed by atoms with Gasteiger partial charge in [-0.25, -0.2) is 4.98 Å². The van der Waals surface area contributed by atoms with Crippen LogP contribution < -0.4 is 11.5 Å². The third-order valence-corrected chi connectivity index (χ3v) is 4.17. The number of hydrogen-bond acceptors (Lipinski definition) is 4. The molecule has 0 unspecified atom stereocenters. The first-order chi connectivity index (χ1) is 8.74. The van der Waals surface area contributed by atoms with Crippen molar-refractivity contribution in [1.82, 2.24) is 4.98 Å². The first-order valence-corrected chi connectivity index (χ1v) is 7.02. The predicted octanol–water partition coefficient (Wildman–Crippen LogP) is 2.93. The van der Waals surface area contributed by atoms with Gasteiger partial charge in [-0.1, -0.05) is 18.2 Å². The van der Waals surface area contributed by atoms with Crippen molar-refractivity contribution in [3.05, 3.63) is 35.0 Å². The van der Waals surface area contributed by atoms with E-state index in [1.165, 1.54) is 21.4 Å². The number of hydrogen-bond donors (Lipinski definition) is 2. The summed E-state index contributed by atoms with van der Waals surface area (Å²) in [6.45, 7) is 0. The standard InChI is InChI=1S/C12H10N4S2/c13-11(14)16-12-15-9(6-18-12)8-5-17-10-4-2-1-3-7(8)10/h1-6H,(H4,13,14,15,16). The number of aromatic nitrogens is 1. The normalized spacial score (nSPS) is 10.7. The van der Waals surface area contributed by atoms with Crippen molar-refractivity contribution in [2.24, 2.45) is 16.5 Å². The van der Waals surface area contributed by atoms with Crippen LogP contribution in [0.1, 0.15) is 0 Å². The van der Waals surface area contributed by atoms with Crippen LogP contribution in [0, 0.1) is 0 Å². The third-order valence-electron chi connectivity index (χ3n) is 2.47. The summed E-state index contributed by atoms with van der Waals surface area (Å²) in [5.41, 5.74) is 12.7. The molecule has 0 spiro atoms. The van der Waals surface area contributed by atoms with Crippen LogP contribution in [0.15, 0.2) is 40.0 Å². The van der Waals surface area contributed by atoms with Gasteiger partial charge in [0.1, 0.15) is 0 Å². The first-order valence-electron chi connectivity index (χ1n) is 5.26. The van der Waals surface area contributed by atoms with Gasteiger partial charge < -0.3 is 11.5 Å². The van der Waals surface area contributed by atoms with E-state index in [0.717, 1.165) is 11.3 Å². The summed E-state index contributed by atoms with van der Waals surface area (Å²) in [5, 5.41) is 5.87. The van der Waals surface area contributed by atoms with Crippen LogP contribution in [0.5, 0.6) is 0 Å². The predicted molar refractivity (Wildman–Crippen MR) is 78.4 cm³/mol. The van der Waals surface area contributed by atoms with Crippen LogP contribution >= 0.6 is 22.7 Å². The Morgan fingerprint density at radius 2 is 1.94 bits per heavy atom. The van der Waals surface area contributed by atoms with Gasteiger partial charge >= 0.3 is 0 Å². The average Bonchev–Trinajstić information content (AvgIpc) is 2.94. The molecule has 90 valence electrons. The zero-order valence-corrected chi connectivity index (χ0v) is 11.0. The van der Waals surface area contributed by atoms with Crippen molar-refractivity contribution >= 4 is 43.9 Å². The summed E-state index contributed by atoms with van der Waals surface area (Å²) >= 11 is 3.14. The number of nitrogens with two attached hydrogens (primary N) is 2. The van der Waals surface area contributed by atoms with E-state index >= 15 is 0 Å².